The second kappa shape index (κ2) is 5.20. The molecule has 2 aliphatic rings. The highest BCUT2D eigenvalue weighted by atomic mass is 16.3. The summed E-state index contributed by atoms with van der Waals surface area (Å²) in [6.45, 7) is 3.34. The number of aliphatic imine (C=N–C) groups is 1. The number of fused-ring (bicyclic) bond motifs is 1. The van der Waals surface area contributed by atoms with E-state index in [4.69, 9.17) is 0 Å². The topological polar surface area (TPSA) is 88.3 Å². The second-order valence-electron chi connectivity index (χ2n) is 4.69. The average molecular weight is 243 g/mol. The summed E-state index contributed by atoms with van der Waals surface area (Å²) in [5.74, 6) is 0.641. The summed E-state index contributed by atoms with van der Waals surface area (Å²) in [6.07, 6.45) is -0.184. The number of piperidine rings is 1. The fourth-order valence-corrected chi connectivity index (χ4v) is 2.39. The molecule has 1 fully saturated rings. The number of aliphatic hydroxyl groups excluding tert-OH is 3. The maximum atomic E-state index is 9.93. The quantitative estimate of drug-likeness (QED) is 0.471. The van der Waals surface area contributed by atoms with Gasteiger partial charge < -0.3 is 25.5 Å². The minimum absolute atomic E-state index is 0.159. The van der Waals surface area contributed by atoms with Crippen LogP contribution in [-0.2, 0) is 0 Å². The van der Waals surface area contributed by atoms with Gasteiger partial charge >= 0.3 is 0 Å². The lowest BCUT2D eigenvalue weighted by molar-refractivity contribution is -0.121. The number of aliphatic hydroxyl groups is 3. The third kappa shape index (κ3) is 2.38. The number of unbranched alkanes of at least 4 members (excludes halogenated alkanes) is 1. The van der Waals surface area contributed by atoms with Crippen molar-refractivity contribution >= 4 is 5.96 Å². The van der Waals surface area contributed by atoms with E-state index >= 15 is 0 Å². The van der Waals surface area contributed by atoms with Gasteiger partial charge in [-0.05, 0) is 6.42 Å². The van der Waals surface area contributed by atoms with Gasteiger partial charge in [0.05, 0.1) is 18.7 Å². The molecule has 2 aliphatic heterocycles. The lowest BCUT2D eigenvalue weighted by Crippen LogP contribution is -2.61. The Kier molecular flexibility index (Phi) is 3.86. The Morgan fingerprint density at radius 1 is 1.41 bits per heavy atom. The predicted molar refractivity (Wildman–Crippen MR) is 63.5 cm³/mol. The molecule has 4 atom stereocenters. The van der Waals surface area contributed by atoms with Gasteiger partial charge in [-0.2, -0.15) is 0 Å². The van der Waals surface area contributed by atoms with Crippen LogP contribution in [0.15, 0.2) is 4.99 Å². The molecule has 2 rings (SSSR count). The van der Waals surface area contributed by atoms with Crippen molar-refractivity contribution in [1.82, 2.24) is 10.2 Å². The molecule has 0 spiro atoms. The monoisotopic (exact) mass is 243 g/mol. The normalized spacial score (nSPS) is 36.7. The van der Waals surface area contributed by atoms with Crippen LogP contribution in [0.4, 0.5) is 0 Å². The summed E-state index contributed by atoms with van der Waals surface area (Å²) in [5, 5.41) is 32.5. The number of hydrogen-bond donors (Lipinski definition) is 4. The van der Waals surface area contributed by atoms with Crippen molar-refractivity contribution in [2.24, 2.45) is 4.99 Å². The molecule has 0 aliphatic carbocycles. The summed E-state index contributed by atoms with van der Waals surface area (Å²) >= 11 is 0. The van der Waals surface area contributed by atoms with Gasteiger partial charge in [-0.3, -0.25) is 4.99 Å². The summed E-state index contributed by atoms with van der Waals surface area (Å²) in [4.78, 5) is 5.98. The zero-order chi connectivity index (χ0) is 12.4. The van der Waals surface area contributed by atoms with Crippen molar-refractivity contribution in [3.63, 3.8) is 0 Å². The van der Waals surface area contributed by atoms with E-state index in [1.54, 1.807) is 4.90 Å². The summed E-state index contributed by atoms with van der Waals surface area (Å²) in [5.41, 5.74) is 0. The van der Waals surface area contributed by atoms with Gasteiger partial charge in [0.25, 0.3) is 0 Å². The molecule has 0 aromatic carbocycles. The zero-order valence-corrected chi connectivity index (χ0v) is 10.1. The molecule has 17 heavy (non-hydrogen) atoms. The minimum atomic E-state index is -0.864. The van der Waals surface area contributed by atoms with E-state index in [1.807, 2.05) is 0 Å². The standard InChI is InChI=1S/C11H21N3O3/c1-2-3-4-12-11-13-6-7-10(17)8(15)5-9(16)14(7)11/h7-10,15-17H,2-6H2,1H3,(H,12,13)/t7?,8?,9-,10-/m1/s1. The number of hydrogen-bond acceptors (Lipinski definition) is 6. The highest BCUT2D eigenvalue weighted by Crippen LogP contribution is 2.26. The largest absolute Gasteiger partial charge is 0.390 e. The van der Waals surface area contributed by atoms with Crippen molar-refractivity contribution in [2.45, 2.75) is 50.7 Å². The van der Waals surface area contributed by atoms with E-state index in [0.717, 1.165) is 19.4 Å². The fourth-order valence-electron chi connectivity index (χ4n) is 2.39. The van der Waals surface area contributed by atoms with Crippen molar-refractivity contribution < 1.29 is 15.3 Å². The van der Waals surface area contributed by atoms with Crippen LogP contribution in [0.1, 0.15) is 26.2 Å². The van der Waals surface area contributed by atoms with Gasteiger partial charge in [0.1, 0.15) is 12.3 Å². The first-order valence-electron chi connectivity index (χ1n) is 6.26. The van der Waals surface area contributed by atoms with Crippen LogP contribution in [-0.4, -0.2) is 63.7 Å². The average Bonchev–Trinajstić information content (AvgIpc) is 2.71. The highest BCUT2D eigenvalue weighted by Gasteiger charge is 2.45. The van der Waals surface area contributed by atoms with Crippen molar-refractivity contribution in [1.29, 1.82) is 0 Å². The van der Waals surface area contributed by atoms with Crippen molar-refractivity contribution in [2.75, 3.05) is 13.1 Å². The Morgan fingerprint density at radius 2 is 2.18 bits per heavy atom. The summed E-state index contributed by atoms with van der Waals surface area (Å²) in [6, 6.07) is -0.308. The molecule has 0 saturated carbocycles. The first-order chi connectivity index (χ1) is 8.15. The maximum Gasteiger partial charge on any atom is 0.196 e. The molecule has 0 aromatic rings. The van der Waals surface area contributed by atoms with Crippen LogP contribution in [0.2, 0.25) is 0 Å². The lowest BCUT2D eigenvalue weighted by Gasteiger charge is -2.41. The highest BCUT2D eigenvalue weighted by molar-refractivity contribution is 5.82. The Hall–Kier alpha value is -0.850. The molecule has 2 heterocycles. The van der Waals surface area contributed by atoms with Crippen LogP contribution in [0.3, 0.4) is 0 Å². The minimum Gasteiger partial charge on any atom is -0.390 e. The molecule has 2 unspecified atom stereocenters. The molecular formula is C11H21N3O3. The first kappa shape index (κ1) is 12.6. The Bertz CT molecular complexity index is 298. The number of nitrogens with one attached hydrogen (secondary N) is 1. The van der Waals surface area contributed by atoms with E-state index in [2.05, 4.69) is 17.2 Å². The molecule has 0 amide bonds. The van der Waals surface area contributed by atoms with Crippen molar-refractivity contribution in [3.05, 3.63) is 0 Å². The van der Waals surface area contributed by atoms with Crippen LogP contribution in [0.25, 0.3) is 0 Å². The lowest BCUT2D eigenvalue weighted by atomic mass is 9.96. The van der Waals surface area contributed by atoms with Gasteiger partial charge in [0, 0.05) is 13.0 Å². The molecule has 0 aromatic heterocycles. The fraction of sp³-hybridized carbons (Fsp3) is 0.909. The van der Waals surface area contributed by atoms with Gasteiger partial charge in [-0.1, -0.05) is 13.3 Å². The van der Waals surface area contributed by atoms with Gasteiger partial charge in [0.15, 0.2) is 5.96 Å². The third-order valence-corrected chi connectivity index (χ3v) is 3.41. The van der Waals surface area contributed by atoms with E-state index in [1.165, 1.54) is 0 Å². The molecule has 1 saturated heterocycles. The predicted octanol–water partition coefficient (Wildman–Crippen LogP) is -1.14. The Balaban J connectivity index is 1.98. The van der Waals surface area contributed by atoms with Gasteiger partial charge in [0.2, 0.25) is 0 Å². The van der Waals surface area contributed by atoms with E-state index in [-0.39, 0.29) is 12.5 Å². The molecule has 4 N–H and O–H groups in total. The number of rotatable bonds is 3. The molecule has 0 bridgehead atoms. The first-order valence-corrected chi connectivity index (χ1v) is 6.26. The molecular weight excluding hydrogens is 222 g/mol. The maximum absolute atomic E-state index is 9.93. The van der Waals surface area contributed by atoms with Crippen LogP contribution in [0, 0.1) is 0 Å². The van der Waals surface area contributed by atoms with Crippen LogP contribution in [0.5, 0.6) is 0 Å². The number of guanidine groups is 1. The van der Waals surface area contributed by atoms with E-state index in [9.17, 15) is 15.3 Å². The summed E-state index contributed by atoms with van der Waals surface area (Å²) < 4.78 is 0. The van der Waals surface area contributed by atoms with E-state index < -0.39 is 18.4 Å². The SMILES string of the molecule is CCCCNC1=NCC2[C@@H](O)C(O)C[C@@H](O)N12. The smallest absolute Gasteiger partial charge is 0.196 e. The molecule has 6 nitrogen and oxygen atoms in total. The summed E-state index contributed by atoms with van der Waals surface area (Å²) in [7, 11) is 0. The Labute approximate surface area is 101 Å². The van der Waals surface area contributed by atoms with Gasteiger partial charge in [-0.25, -0.2) is 0 Å². The Morgan fingerprint density at radius 3 is 2.88 bits per heavy atom. The van der Waals surface area contributed by atoms with E-state index in [0.29, 0.717) is 12.5 Å². The van der Waals surface area contributed by atoms with Crippen LogP contribution >= 0.6 is 0 Å². The second-order valence-corrected chi connectivity index (χ2v) is 4.69. The van der Waals surface area contributed by atoms with Crippen molar-refractivity contribution in [3.8, 4) is 0 Å². The molecule has 0 radical (unpaired) electrons. The number of nitrogens with zero attached hydrogens (tertiary/aromatic N) is 2. The van der Waals surface area contributed by atoms with Crippen LogP contribution < -0.4 is 5.32 Å². The zero-order valence-electron chi connectivity index (χ0n) is 10.1. The molecule has 98 valence electrons. The molecule has 6 heteroatoms. The third-order valence-electron chi connectivity index (χ3n) is 3.41. The van der Waals surface area contributed by atoms with Gasteiger partial charge in [-0.15, -0.1) is 0 Å².